The molecule has 0 spiro atoms. The summed E-state index contributed by atoms with van der Waals surface area (Å²) in [6.45, 7) is 1.77. The van der Waals surface area contributed by atoms with Crippen molar-refractivity contribution < 1.29 is 19.8 Å². The lowest BCUT2D eigenvalue weighted by molar-refractivity contribution is 0.0693. The van der Waals surface area contributed by atoms with Gasteiger partial charge >= 0.3 is 5.97 Å². The molecule has 3 aromatic rings. The van der Waals surface area contributed by atoms with Crippen LogP contribution < -0.4 is 10.6 Å². The van der Waals surface area contributed by atoms with Gasteiger partial charge in [0.05, 0.1) is 0 Å². The summed E-state index contributed by atoms with van der Waals surface area (Å²) < 4.78 is 0. The molecular formula is C19H15N7O4. The molecule has 1 aromatic heterocycles. The number of aromatic hydroxyl groups is 1. The van der Waals surface area contributed by atoms with Crippen LogP contribution in [0.1, 0.15) is 32.1 Å². The Morgan fingerprint density at radius 3 is 2.67 bits per heavy atom. The second-order valence-corrected chi connectivity index (χ2v) is 6.07. The Morgan fingerprint density at radius 2 is 2.03 bits per heavy atom. The number of aromatic amines is 1. The second kappa shape index (κ2) is 8.53. The molecule has 3 rings (SSSR count). The molecule has 0 bridgehead atoms. The minimum Gasteiger partial charge on any atom is -0.507 e. The molecule has 0 aliphatic heterocycles. The number of H-pyrrole nitrogens is 1. The molecule has 30 heavy (non-hydrogen) atoms. The third-order valence-electron chi connectivity index (χ3n) is 4.05. The Hall–Kier alpha value is -4.72. The van der Waals surface area contributed by atoms with Crippen LogP contribution in [0.5, 0.6) is 5.75 Å². The van der Waals surface area contributed by atoms with Crippen molar-refractivity contribution >= 4 is 28.8 Å². The Morgan fingerprint density at radius 1 is 1.23 bits per heavy atom. The van der Waals surface area contributed by atoms with Crippen molar-refractivity contribution in [3.05, 3.63) is 65.1 Å². The fourth-order valence-electron chi connectivity index (χ4n) is 2.53. The number of aromatic nitrogens is 4. The van der Waals surface area contributed by atoms with Crippen molar-refractivity contribution in [3.63, 3.8) is 0 Å². The molecule has 2 aromatic carbocycles. The highest BCUT2D eigenvalue weighted by Crippen LogP contribution is 2.23. The number of benzene rings is 2. The maximum absolute atomic E-state index is 12.5. The molecular weight excluding hydrogens is 390 g/mol. The summed E-state index contributed by atoms with van der Waals surface area (Å²) in [5, 5.41) is 46.5. The van der Waals surface area contributed by atoms with E-state index in [1.807, 2.05) is 6.07 Å². The predicted molar refractivity (Wildman–Crippen MR) is 106 cm³/mol. The van der Waals surface area contributed by atoms with Gasteiger partial charge in [-0.3, -0.25) is 4.79 Å². The number of carboxylic acids is 1. The van der Waals surface area contributed by atoms with E-state index in [-0.39, 0.29) is 22.6 Å². The van der Waals surface area contributed by atoms with E-state index in [9.17, 15) is 20.0 Å². The summed E-state index contributed by atoms with van der Waals surface area (Å²) >= 11 is 0. The monoisotopic (exact) mass is 405 g/mol. The van der Waals surface area contributed by atoms with Gasteiger partial charge in [0.15, 0.2) is 0 Å². The van der Waals surface area contributed by atoms with E-state index in [0.717, 1.165) is 5.56 Å². The number of nitriles is 1. The van der Waals surface area contributed by atoms with E-state index in [4.69, 9.17) is 5.11 Å². The minimum atomic E-state index is -1.31. The fourth-order valence-corrected chi connectivity index (χ4v) is 2.53. The van der Waals surface area contributed by atoms with Crippen LogP contribution in [0, 0.1) is 18.3 Å². The third-order valence-corrected chi connectivity index (χ3v) is 4.05. The first-order chi connectivity index (χ1) is 14.4. The Bertz CT molecular complexity index is 1180. The van der Waals surface area contributed by atoms with E-state index >= 15 is 0 Å². The summed E-state index contributed by atoms with van der Waals surface area (Å²) in [5.41, 5.74) is 1.81. The number of rotatable bonds is 6. The largest absolute Gasteiger partial charge is 0.507 e. The van der Waals surface area contributed by atoms with E-state index in [1.54, 1.807) is 25.1 Å². The van der Waals surface area contributed by atoms with Crippen molar-refractivity contribution in [1.29, 1.82) is 5.26 Å². The van der Waals surface area contributed by atoms with Crippen LogP contribution in [0.4, 0.5) is 11.4 Å². The zero-order chi connectivity index (χ0) is 21.7. The molecule has 11 nitrogen and oxygen atoms in total. The van der Waals surface area contributed by atoms with Gasteiger partial charge in [-0.05, 0) is 54.1 Å². The maximum Gasteiger partial charge on any atom is 0.339 e. The average molecular weight is 405 g/mol. The number of aryl methyl sites for hydroxylation is 1. The van der Waals surface area contributed by atoms with Crippen molar-refractivity contribution in [2.75, 3.05) is 10.6 Å². The number of carbonyl (C=O) groups excluding carboxylic acids is 1. The van der Waals surface area contributed by atoms with Gasteiger partial charge in [0.2, 0.25) is 5.82 Å². The first kappa shape index (κ1) is 20.0. The summed E-state index contributed by atoms with van der Waals surface area (Å²) in [7, 11) is 0. The molecule has 5 N–H and O–H groups in total. The lowest BCUT2D eigenvalue weighted by Crippen LogP contribution is -2.13. The molecule has 0 unspecified atom stereocenters. The van der Waals surface area contributed by atoms with Crippen molar-refractivity contribution in [2.45, 2.75) is 6.92 Å². The zero-order valence-corrected chi connectivity index (χ0v) is 15.5. The number of hydrogen-bond donors (Lipinski definition) is 5. The normalized spacial score (nSPS) is 10.9. The summed E-state index contributed by atoms with van der Waals surface area (Å²) in [5.74, 6) is -2.00. The fraction of sp³-hybridized carbons (Fsp3) is 0.0526. The second-order valence-electron chi connectivity index (χ2n) is 6.07. The van der Waals surface area contributed by atoms with Crippen molar-refractivity contribution in [3.8, 4) is 11.8 Å². The molecule has 0 aliphatic carbocycles. The molecule has 0 aliphatic rings. The van der Waals surface area contributed by atoms with E-state index in [1.165, 1.54) is 24.4 Å². The highest BCUT2D eigenvalue weighted by molar-refractivity contribution is 6.05. The smallest absolute Gasteiger partial charge is 0.339 e. The van der Waals surface area contributed by atoms with Gasteiger partial charge in [-0.2, -0.15) is 10.5 Å². The molecule has 0 saturated heterocycles. The lowest BCUT2D eigenvalue weighted by Gasteiger charge is -2.10. The first-order valence-electron chi connectivity index (χ1n) is 8.48. The molecule has 0 saturated carbocycles. The Balaban J connectivity index is 1.75. The summed E-state index contributed by atoms with van der Waals surface area (Å²) in [4.78, 5) is 23.6. The van der Waals surface area contributed by atoms with Gasteiger partial charge in [-0.1, -0.05) is 0 Å². The van der Waals surface area contributed by atoms with Crippen LogP contribution in [0.15, 0.2) is 42.6 Å². The number of aromatic carboxylic acids is 1. The van der Waals surface area contributed by atoms with Crippen LogP contribution in [0.25, 0.3) is 5.57 Å². The number of carboxylic acid groups (broad SMARTS) is 1. The molecule has 150 valence electrons. The summed E-state index contributed by atoms with van der Waals surface area (Å²) in [6, 6.07) is 10.6. The van der Waals surface area contributed by atoms with E-state index in [0.29, 0.717) is 11.3 Å². The number of anilines is 2. The molecule has 0 radical (unpaired) electrons. The highest BCUT2D eigenvalue weighted by atomic mass is 16.4. The molecule has 11 heteroatoms. The SMILES string of the molecule is Cc1cc(C(=O)Nc2ccc(O)c(C(=O)O)c2)ccc1NC=C(C#N)c1nn[nH]n1. The average Bonchev–Trinajstić information content (AvgIpc) is 3.25. The number of allylic oxidation sites excluding steroid dienone is 1. The molecule has 1 heterocycles. The molecule has 1 amide bonds. The number of carbonyl (C=O) groups is 2. The van der Waals surface area contributed by atoms with Gasteiger partial charge < -0.3 is 20.8 Å². The van der Waals surface area contributed by atoms with Crippen molar-refractivity contribution in [2.24, 2.45) is 0 Å². The van der Waals surface area contributed by atoms with Gasteiger partial charge in [0.1, 0.15) is 23.0 Å². The van der Waals surface area contributed by atoms with Crippen LogP contribution in [0.3, 0.4) is 0 Å². The number of nitrogens with one attached hydrogen (secondary N) is 3. The van der Waals surface area contributed by atoms with Gasteiger partial charge in [0.25, 0.3) is 5.91 Å². The summed E-state index contributed by atoms with van der Waals surface area (Å²) in [6.07, 6.45) is 1.43. The minimum absolute atomic E-state index is 0.147. The quantitative estimate of drug-likeness (QED) is 0.303. The molecule has 0 fully saturated rings. The molecule has 0 atom stereocenters. The zero-order valence-electron chi connectivity index (χ0n) is 15.5. The Labute approximate surface area is 169 Å². The lowest BCUT2D eigenvalue weighted by atomic mass is 10.1. The standard InChI is InChI=1S/C19H15N7O4/c1-10-6-11(18(28)22-13-3-5-16(27)14(7-13)19(29)30)2-4-15(10)21-9-12(8-20)17-23-25-26-24-17/h2-7,9,21,27H,1H3,(H,22,28)(H,29,30)(H,23,24,25,26). The van der Waals surface area contributed by atoms with Crippen LogP contribution in [-0.2, 0) is 0 Å². The first-order valence-corrected chi connectivity index (χ1v) is 8.48. The highest BCUT2D eigenvalue weighted by Gasteiger charge is 2.13. The van der Waals surface area contributed by atoms with Gasteiger partial charge in [-0.25, -0.2) is 4.79 Å². The number of phenols is 1. The van der Waals surface area contributed by atoms with Gasteiger partial charge in [0, 0.05) is 23.1 Å². The topological polar surface area (TPSA) is 177 Å². The Kier molecular flexibility index (Phi) is 5.69. The van der Waals surface area contributed by atoms with Crippen LogP contribution in [-0.4, -0.2) is 42.7 Å². The van der Waals surface area contributed by atoms with Crippen LogP contribution in [0.2, 0.25) is 0 Å². The van der Waals surface area contributed by atoms with Crippen LogP contribution >= 0.6 is 0 Å². The number of tetrazole rings is 1. The number of amides is 1. The van der Waals surface area contributed by atoms with Crippen molar-refractivity contribution in [1.82, 2.24) is 20.6 Å². The third kappa shape index (κ3) is 4.39. The number of hydrogen-bond acceptors (Lipinski definition) is 8. The van der Waals surface area contributed by atoms with E-state index < -0.39 is 17.6 Å². The number of nitrogens with zero attached hydrogens (tertiary/aromatic N) is 4. The van der Waals surface area contributed by atoms with Gasteiger partial charge in [-0.15, -0.1) is 10.2 Å². The predicted octanol–water partition coefficient (Wildman–Crippen LogP) is 2.14. The van der Waals surface area contributed by atoms with E-state index in [2.05, 4.69) is 31.3 Å². The maximum atomic E-state index is 12.5.